The van der Waals surface area contributed by atoms with E-state index in [9.17, 15) is 4.39 Å². The second-order valence-corrected chi connectivity index (χ2v) is 6.79. The van der Waals surface area contributed by atoms with Crippen molar-refractivity contribution < 1.29 is 9.13 Å². The number of fused-ring (bicyclic) bond motifs is 1. The van der Waals surface area contributed by atoms with Crippen LogP contribution >= 0.6 is 0 Å². The molecule has 3 rings (SSSR count). The number of benzene rings is 1. The lowest BCUT2D eigenvalue weighted by Crippen LogP contribution is -2.33. The molecule has 116 valence electrons. The Bertz CT molecular complexity index is 490. The molecule has 0 bridgehead atoms. The molecule has 0 aromatic heterocycles. The Morgan fingerprint density at radius 3 is 2.62 bits per heavy atom. The SMILES string of the molecule is COc1ccc(C(N)C2CCC3CCCCC3C2)c(F)c1. The van der Waals surface area contributed by atoms with E-state index in [2.05, 4.69) is 0 Å². The molecular formula is C18H26FNO. The maximum absolute atomic E-state index is 14.2. The van der Waals surface area contributed by atoms with E-state index in [1.54, 1.807) is 13.2 Å². The summed E-state index contributed by atoms with van der Waals surface area (Å²) in [5.74, 6) is 2.48. The van der Waals surface area contributed by atoms with Crippen molar-refractivity contribution >= 4 is 0 Å². The van der Waals surface area contributed by atoms with Crippen LogP contribution in [0, 0.1) is 23.6 Å². The van der Waals surface area contributed by atoms with Crippen molar-refractivity contribution in [2.24, 2.45) is 23.5 Å². The number of hydrogen-bond acceptors (Lipinski definition) is 2. The van der Waals surface area contributed by atoms with Crippen LogP contribution in [0.3, 0.4) is 0 Å². The maximum Gasteiger partial charge on any atom is 0.131 e. The summed E-state index contributed by atoms with van der Waals surface area (Å²) < 4.78 is 19.3. The highest BCUT2D eigenvalue weighted by atomic mass is 19.1. The fourth-order valence-corrected chi connectivity index (χ4v) is 4.39. The lowest BCUT2D eigenvalue weighted by atomic mass is 9.65. The first-order valence-corrected chi connectivity index (χ1v) is 8.28. The van der Waals surface area contributed by atoms with Crippen molar-refractivity contribution in [1.82, 2.24) is 0 Å². The van der Waals surface area contributed by atoms with Gasteiger partial charge in [-0.2, -0.15) is 0 Å². The molecule has 4 atom stereocenters. The highest BCUT2D eigenvalue weighted by Gasteiger charge is 2.35. The van der Waals surface area contributed by atoms with E-state index < -0.39 is 0 Å². The van der Waals surface area contributed by atoms with Gasteiger partial charge in [0.15, 0.2) is 0 Å². The third kappa shape index (κ3) is 3.08. The van der Waals surface area contributed by atoms with Crippen LogP contribution in [0.4, 0.5) is 4.39 Å². The zero-order valence-electron chi connectivity index (χ0n) is 12.9. The molecule has 1 aromatic rings. The normalized spacial score (nSPS) is 30.5. The third-order valence-corrected chi connectivity index (χ3v) is 5.65. The summed E-state index contributed by atoms with van der Waals surface area (Å²) >= 11 is 0. The van der Waals surface area contributed by atoms with E-state index in [0.29, 0.717) is 17.2 Å². The van der Waals surface area contributed by atoms with Gasteiger partial charge in [-0.1, -0.05) is 31.7 Å². The van der Waals surface area contributed by atoms with Gasteiger partial charge in [-0.15, -0.1) is 0 Å². The number of ether oxygens (including phenoxy) is 1. The molecule has 2 saturated carbocycles. The monoisotopic (exact) mass is 291 g/mol. The van der Waals surface area contributed by atoms with E-state index in [1.807, 2.05) is 6.07 Å². The first kappa shape index (κ1) is 14.8. The van der Waals surface area contributed by atoms with E-state index in [4.69, 9.17) is 10.5 Å². The number of hydrogen-bond donors (Lipinski definition) is 1. The molecule has 2 fully saturated rings. The first-order valence-electron chi connectivity index (χ1n) is 8.28. The molecule has 2 aliphatic rings. The van der Waals surface area contributed by atoms with Gasteiger partial charge in [-0.3, -0.25) is 0 Å². The summed E-state index contributed by atoms with van der Waals surface area (Å²) in [6.45, 7) is 0. The zero-order chi connectivity index (χ0) is 14.8. The Labute approximate surface area is 126 Å². The fraction of sp³-hybridized carbons (Fsp3) is 0.667. The van der Waals surface area contributed by atoms with Crippen molar-refractivity contribution in [1.29, 1.82) is 0 Å². The summed E-state index contributed by atoms with van der Waals surface area (Å²) in [4.78, 5) is 0. The quantitative estimate of drug-likeness (QED) is 0.893. The maximum atomic E-state index is 14.2. The number of halogens is 1. The molecule has 1 aromatic carbocycles. The van der Waals surface area contributed by atoms with Crippen LogP contribution in [0.2, 0.25) is 0 Å². The predicted molar refractivity (Wildman–Crippen MR) is 82.7 cm³/mol. The number of nitrogens with two attached hydrogens (primary N) is 1. The molecule has 0 aliphatic heterocycles. The van der Waals surface area contributed by atoms with E-state index in [1.165, 1.54) is 44.6 Å². The van der Waals surface area contributed by atoms with Gasteiger partial charge >= 0.3 is 0 Å². The average Bonchev–Trinajstić information content (AvgIpc) is 2.53. The minimum Gasteiger partial charge on any atom is -0.497 e. The van der Waals surface area contributed by atoms with Gasteiger partial charge in [-0.05, 0) is 43.1 Å². The Balaban J connectivity index is 1.71. The van der Waals surface area contributed by atoms with E-state index >= 15 is 0 Å². The molecule has 21 heavy (non-hydrogen) atoms. The predicted octanol–water partition coefficient (Wildman–Crippen LogP) is 4.44. The van der Waals surface area contributed by atoms with Crippen molar-refractivity contribution in [3.8, 4) is 5.75 Å². The Morgan fingerprint density at radius 1 is 1.14 bits per heavy atom. The first-order chi connectivity index (χ1) is 10.2. The Hall–Kier alpha value is -1.09. The fourth-order valence-electron chi connectivity index (χ4n) is 4.39. The molecular weight excluding hydrogens is 265 g/mol. The summed E-state index contributed by atoms with van der Waals surface area (Å²) in [5.41, 5.74) is 7.05. The van der Waals surface area contributed by atoms with Crippen molar-refractivity contribution in [2.45, 2.75) is 51.0 Å². The molecule has 0 saturated heterocycles. The number of rotatable bonds is 3. The summed E-state index contributed by atoms with van der Waals surface area (Å²) in [7, 11) is 1.55. The van der Waals surface area contributed by atoms with Crippen LogP contribution in [0.25, 0.3) is 0 Å². The van der Waals surface area contributed by atoms with Gasteiger partial charge in [0.25, 0.3) is 0 Å². The molecule has 0 spiro atoms. The molecule has 2 nitrogen and oxygen atoms in total. The van der Waals surface area contributed by atoms with E-state index in [-0.39, 0.29) is 11.9 Å². The van der Waals surface area contributed by atoms with Gasteiger partial charge in [0.2, 0.25) is 0 Å². The van der Waals surface area contributed by atoms with Crippen LogP contribution in [0.1, 0.15) is 56.6 Å². The van der Waals surface area contributed by atoms with Crippen LogP contribution in [0.5, 0.6) is 5.75 Å². The second kappa shape index (κ2) is 6.35. The van der Waals surface area contributed by atoms with Crippen molar-refractivity contribution in [3.05, 3.63) is 29.6 Å². The largest absolute Gasteiger partial charge is 0.497 e. The highest BCUT2D eigenvalue weighted by Crippen LogP contribution is 2.45. The second-order valence-electron chi connectivity index (χ2n) is 6.79. The van der Waals surface area contributed by atoms with Gasteiger partial charge in [0, 0.05) is 17.7 Å². The molecule has 0 heterocycles. The molecule has 3 heteroatoms. The van der Waals surface area contributed by atoms with Gasteiger partial charge < -0.3 is 10.5 Å². The lowest BCUT2D eigenvalue weighted by Gasteiger charge is -2.41. The summed E-state index contributed by atoms with van der Waals surface area (Å²) in [6, 6.07) is 4.87. The zero-order valence-corrected chi connectivity index (χ0v) is 12.9. The van der Waals surface area contributed by atoms with E-state index in [0.717, 1.165) is 18.3 Å². The molecule has 2 aliphatic carbocycles. The molecule has 0 amide bonds. The average molecular weight is 291 g/mol. The summed E-state index contributed by atoms with van der Waals surface area (Å²) in [5, 5.41) is 0. The van der Waals surface area contributed by atoms with Gasteiger partial charge in [0.05, 0.1) is 7.11 Å². The third-order valence-electron chi connectivity index (χ3n) is 5.65. The van der Waals surface area contributed by atoms with Crippen molar-refractivity contribution in [3.63, 3.8) is 0 Å². The number of methoxy groups -OCH3 is 1. The van der Waals surface area contributed by atoms with Crippen LogP contribution in [0.15, 0.2) is 18.2 Å². The topological polar surface area (TPSA) is 35.2 Å². The van der Waals surface area contributed by atoms with Crippen LogP contribution in [-0.4, -0.2) is 7.11 Å². The lowest BCUT2D eigenvalue weighted by molar-refractivity contribution is 0.116. The van der Waals surface area contributed by atoms with Gasteiger partial charge in [0.1, 0.15) is 11.6 Å². The summed E-state index contributed by atoms with van der Waals surface area (Å²) in [6.07, 6.45) is 9.10. The smallest absolute Gasteiger partial charge is 0.131 e. The Kier molecular flexibility index (Phi) is 4.48. The van der Waals surface area contributed by atoms with Crippen LogP contribution < -0.4 is 10.5 Å². The highest BCUT2D eigenvalue weighted by molar-refractivity contribution is 5.31. The molecule has 0 radical (unpaired) electrons. The molecule has 4 unspecified atom stereocenters. The van der Waals surface area contributed by atoms with Gasteiger partial charge in [-0.25, -0.2) is 4.39 Å². The van der Waals surface area contributed by atoms with Crippen LogP contribution in [-0.2, 0) is 0 Å². The minimum atomic E-state index is -0.229. The minimum absolute atomic E-state index is 0.182. The standard InChI is InChI=1S/C18H26FNO/c1-21-15-8-9-16(17(19)11-15)18(20)14-7-6-12-4-2-3-5-13(12)10-14/h8-9,11-14,18H,2-7,10,20H2,1H3. The molecule has 2 N–H and O–H groups in total. The van der Waals surface area contributed by atoms with Crippen molar-refractivity contribution in [2.75, 3.05) is 7.11 Å². The Morgan fingerprint density at radius 2 is 1.90 bits per heavy atom.